The van der Waals surface area contributed by atoms with Gasteiger partial charge in [0.1, 0.15) is 0 Å². The van der Waals surface area contributed by atoms with Gasteiger partial charge in [-0.3, -0.25) is 0 Å². The Morgan fingerprint density at radius 3 is 2.58 bits per heavy atom. The summed E-state index contributed by atoms with van der Waals surface area (Å²) >= 11 is 0. The van der Waals surface area contributed by atoms with Gasteiger partial charge in [0.15, 0.2) is 0 Å². The first kappa shape index (κ1) is 12.0. The van der Waals surface area contributed by atoms with Gasteiger partial charge in [-0.25, -0.2) is 0 Å². The lowest BCUT2D eigenvalue weighted by molar-refractivity contribution is 0.959. The van der Waals surface area contributed by atoms with Crippen molar-refractivity contribution < 1.29 is 0 Å². The van der Waals surface area contributed by atoms with Crippen molar-refractivity contribution in [3.8, 4) is 6.07 Å². The van der Waals surface area contributed by atoms with E-state index in [1.165, 1.54) is 33.4 Å². The molecule has 0 amide bonds. The zero-order chi connectivity index (χ0) is 13.4. The molecule has 0 bridgehead atoms. The van der Waals surface area contributed by atoms with Crippen LogP contribution in [0.2, 0.25) is 0 Å². The number of rotatable bonds is 0. The van der Waals surface area contributed by atoms with Gasteiger partial charge in [0, 0.05) is 0 Å². The van der Waals surface area contributed by atoms with Crippen LogP contribution in [0.1, 0.15) is 39.3 Å². The molecule has 1 heteroatoms. The molecule has 0 N–H and O–H groups in total. The van der Waals surface area contributed by atoms with Crippen molar-refractivity contribution in [2.75, 3.05) is 0 Å². The fourth-order valence-corrected chi connectivity index (χ4v) is 3.29. The number of hydrogen-bond donors (Lipinski definition) is 0. The molecular formula is C18H17N. The van der Waals surface area contributed by atoms with Crippen LogP contribution in [0.5, 0.6) is 0 Å². The molecule has 0 aromatic heterocycles. The minimum absolute atomic E-state index is 0.116. The highest BCUT2D eigenvalue weighted by Crippen LogP contribution is 2.36. The Labute approximate surface area is 114 Å². The van der Waals surface area contributed by atoms with Crippen LogP contribution in [0, 0.1) is 25.2 Å². The van der Waals surface area contributed by atoms with E-state index in [0.717, 1.165) is 12.8 Å². The number of aryl methyl sites for hydroxylation is 4. The van der Waals surface area contributed by atoms with Crippen LogP contribution in [0.4, 0.5) is 0 Å². The van der Waals surface area contributed by atoms with Crippen molar-refractivity contribution in [1.82, 2.24) is 0 Å². The minimum atomic E-state index is -0.116. The van der Waals surface area contributed by atoms with Gasteiger partial charge in [-0.05, 0) is 54.5 Å². The van der Waals surface area contributed by atoms with E-state index in [1.807, 2.05) is 6.07 Å². The van der Waals surface area contributed by atoms with Crippen LogP contribution < -0.4 is 0 Å². The van der Waals surface area contributed by atoms with Gasteiger partial charge in [0.25, 0.3) is 0 Å². The van der Waals surface area contributed by atoms with Crippen LogP contribution in [-0.2, 0) is 12.8 Å². The average molecular weight is 247 g/mol. The van der Waals surface area contributed by atoms with E-state index in [2.05, 4.69) is 50.2 Å². The van der Waals surface area contributed by atoms with Crippen molar-refractivity contribution in [3.05, 3.63) is 69.8 Å². The van der Waals surface area contributed by atoms with Gasteiger partial charge in [0.05, 0.1) is 12.0 Å². The fraction of sp³-hybridized carbons (Fsp3) is 0.278. The predicted molar refractivity (Wildman–Crippen MR) is 77.2 cm³/mol. The lowest BCUT2D eigenvalue weighted by atomic mass is 9.86. The zero-order valence-electron chi connectivity index (χ0n) is 11.4. The molecule has 1 atom stereocenters. The average Bonchev–Trinajstić information content (AvgIpc) is 2.55. The quantitative estimate of drug-likeness (QED) is 0.688. The molecule has 1 nitrogen and oxygen atoms in total. The second kappa shape index (κ2) is 4.55. The topological polar surface area (TPSA) is 23.8 Å². The maximum Gasteiger partial charge on any atom is 0.0970 e. The highest BCUT2D eigenvalue weighted by atomic mass is 14.3. The van der Waals surface area contributed by atoms with Crippen LogP contribution in [-0.4, -0.2) is 0 Å². The summed E-state index contributed by atoms with van der Waals surface area (Å²) in [5, 5.41) is 9.65. The summed E-state index contributed by atoms with van der Waals surface area (Å²) in [6, 6.07) is 15.3. The molecule has 0 heterocycles. The van der Waals surface area contributed by atoms with E-state index in [-0.39, 0.29) is 5.92 Å². The van der Waals surface area contributed by atoms with Crippen LogP contribution in [0.3, 0.4) is 0 Å². The van der Waals surface area contributed by atoms with E-state index in [9.17, 15) is 5.26 Å². The molecule has 0 fully saturated rings. The molecule has 2 aromatic rings. The first-order valence-corrected chi connectivity index (χ1v) is 6.78. The van der Waals surface area contributed by atoms with Crippen molar-refractivity contribution in [1.29, 1.82) is 5.26 Å². The monoisotopic (exact) mass is 247 g/mol. The molecule has 1 aliphatic carbocycles. The lowest BCUT2D eigenvalue weighted by Gasteiger charge is -2.16. The SMILES string of the molecule is Cc1cc(C)c2c(c1)CCc1ccccc1[C@@H]2C#N. The molecule has 94 valence electrons. The standard InChI is InChI=1S/C18H17N/c1-12-9-13(2)18-15(10-12)8-7-14-5-3-4-6-16(14)17(18)11-19/h3-6,9-10,17H,7-8H2,1-2H3/t17-/m0/s1. The Kier molecular flexibility index (Phi) is 2.87. The molecule has 0 radical (unpaired) electrons. The third-order valence-electron chi connectivity index (χ3n) is 4.06. The minimum Gasteiger partial charge on any atom is -0.197 e. The summed E-state index contributed by atoms with van der Waals surface area (Å²) < 4.78 is 0. The molecule has 3 rings (SSSR count). The Balaban J connectivity index is 2.28. The molecule has 0 saturated heterocycles. The number of fused-ring (bicyclic) bond motifs is 2. The normalized spacial score (nSPS) is 17.0. The number of hydrogen-bond acceptors (Lipinski definition) is 1. The van der Waals surface area contributed by atoms with E-state index >= 15 is 0 Å². The zero-order valence-corrected chi connectivity index (χ0v) is 11.4. The molecular weight excluding hydrogens is 230 g/mol. The Bertz CT molecular complexity index is 677. The van der Waals surface area contributed by atoms with Gasteiger partial charge in [-0.1, -0.05) is 42.0 Å². The Hall–Kier alpha value is -2.07. The number of nitrogens with zero attached hydrogens (tertiary/aromatic N) is 1. The molecule has 0 saturated carbocycles. The third-order valence-corrected chi connectivity index (χ3v) is 4.06. The Morgan fingerprint density at radius 1 is 1.05 bits per heavy atom. The maximum absolute atomic E-state index is 9.65. The van der Waals surface area contributed by atoms with Crippen molar-refractivity contribution in [3.63, 3.8) is 0 Å². The first-order chi connectivity index (χ1) is 9.20. The second-order valence-corrected chi connectivity index (χ2v) is 5.42. The summed E-state index contributed by atoms with van der Waals surface area (Å²) in [5.74, 6) is -0.116. The molecule has 19 heavy (non-hydrogen) atoms. The highest BCUT2D eigenvalue weighted by Gasteiger charge is 2.24. The van der Waals surface area contributed by atoms with Crippen molar-refractivity contribution in [2.45, 2.75) is 32.6 Å². The van der Waals surface area contributed by atoms with Gasteiger partial charge in [-0.15, -0.1) is 0 Å². The molecule has 0 spiro atoms. The molecule has 0 aliphatic heterocycles. The molecule has 0 unspecified atom stereocenters. The number of benzene rings is 2. The van der Waals surface area contributed by atoms with Crippen LogP contribution >= 0.6 is 0 Å². The predicted octanol–water partition coefficient (Wildman–Crippen LogP) is 4.06. The summed E-state index contributed by atoms with van der Waals surface area (Å²) in [7, 11) is 0. The van der Waals surface area contributed by atoms with E-state index in [1.54, 1.807) is 0 Å². The summed E-state index contributed by atoms with van der Waals surface area (Å²) in [4.78, 5) is 0. The van der Waals surface area contributed by atoms with Crippen LogP contribution in [0.25, 0.3) is 0 Å². The second-order valence-electron chi connectivity index (χ2n) is 5.42. The maximum atomic E-state index is 9.65. The van der Waals surface area contributed by atoms with Gasteiger partial charge in [-0.2, -0.15) is 5.26 Å². The third kappa shape index (κ3) is 1.94. The van der Waals surface area contributed by atoms with Gasteiger partial charge >= 0.3 is 0 Å². The molecule has 1 aliphatic rings. The summed E-state index contributed by atoms with van der Waals surface area (Å²) in [6.45, 7) is 4.26. The fourth-order valence-electron chi connectivity index (χ4n) is 3.29. The van der Waals surface area contributed by atoms with Crippen molar-refractivity contribution in [2.24, 2.45) is 0 Å². The first-order valence-electron chi connectivity index (χ1n) is 6.78. The Morgan fingerprint density at radius 2 is 1.79 bits per heavy atom. The summed E-state index contributed by atoms with van der Waals surface area (Å²) in [5.41, 5.74) is 7.63. The largest absolute Gasteiger partial charge is 0.197 e. The van der Waals surface area contributed by atoms with Gasteiger partial charge < -0.3 is 0 Å². The van der Waals surface area contributed by atoms with Gasteiger partial charge in [0.2, 0.25) is 0 Å². The van der Waals surface area contributed by atoms with Crippen LogP contribution in [0.15, 0.2) is 36.4 Å². The van der Waals surface area contributed by atoms with Crippen molar-refractivity contribution >= 4 is 0 Å². The highest BCUT2D eigenvalue weighted by molar-refractivity contribution is 5.52. The summed E-state index contributed by atoms with van der Waals surface area (Å²) in [6.07, 6.45) is 2.07. The van der Waals surface area contributed by atoms with E-state index in [0.29, 0.717) is 0 Å². The van der Waals surface area contributed by atoms with E-state index < -0.39 is 0 Å². The molecule has 2 aromatic carbocycles. The van der Waals surface area contributed by atoms with E-state index in [4.69, 9.17) is 0 Å². The smallest absolute Gasteiger partial charge is 0.0970 e. The number of nitriles is 1. The lowest BCUT2D eigenvalue weighted by Crippen LogP contribution is -2.04.